The van der Waals surface area contributed by atoms with Gasteiger partial charge in [0.25, 0.3) is 0 Å². The van der Waals surface area contributed by atoms with E-state index in [0.29, 0.717) is 45.9 Å². The standard InChI is InChI=1S/C31H34Cl2N4O3S/c1-6-40-29(38)26-28(34-19(2)25(35-26)22-12-9-13-23(32)24(22)33)37-16-14-31(15-17-37)18-20-10-7-8-11-21(20)27(31)36-41(39)30(3,4)5/h7-13H,6,14-18H2,1-5H3. The van der Waals surface area contributed by atoms with E-state index < -0.39 is 22.1 Å². The molecule has 2 aliphatic rings. The quantitative estimate of drug-likeness (QED) is 0.227. The first-order valence-electron chi connectivity index (χ1n) is 13.8. The van der Waals surface area contributed by atoms with Gasteiger partial charge in [0.15, 0.2) is 11.5 Å². The second kappa shape index (κ2) is 11.6. The number of ether oxygens (including phenoxy) is 1. The molecule has 2 aromatic carbocycles. The molecule has 1 saturated heterocycles. The van der Waals surface area contributed by atoms with Gasteiger partial charge in [-0.2, -0.15) is 0 Å². The van der Waals surface area contributed by atoms with Crippen molar-refractivity contribution in [3.05, 3.63) is 75.0 Å². The van der Waals surface area contributed by atoms with Gasteiger partial charge in [0, 0.05) is 29.6 Å². The lowest BCUT2D eigenvalue weighted by molar-refractivity contribution is 0.0519. The van der Waals surface area contributed by atoms with E-state index >= 15 is 0 Å². The van der Waals surface area contributed by atoms with Crippen LogP contribution in [0.5, 0.6) is 0 Å². The fraction of sp³-hybridized carbons (Fsp3) is 0.419. The highest BCUT2D eigenvalue weighted by Crippen LogP contribution is 2.47. The highest BCUT2D eigenvalue weighted by Gasteiger charge is 2.48. The molecule has 1 unspecified atom stereocenters. The normalized spacial score (nSPS) is 18.0. The minimum absolute atomic E-state index is 0.150. The van der Waals surface area contributed by atoms with Crippen molar-refractivity contribution in [1.82, 2.24) is 9.97 Å². The molecule has 1 aromatic heterocycles. The van der Waals surface area contributed by atoms with Crippen LogP contribution in [-0.2, 0) is 22.5 Å². The summed E-state index contributed by atoms with van der Waals surface area (Å²) < 4.78 is 23.0. The van der Waals surface area contributed by atoms with E-state index in [1.54, 1.807) is 19.1 Å². The van der Waals surface area contributed by atoms with Gasteiger partial charge in [0.2, 0.25) is 0 Å². The van der Waals surface area contributed by atoms with Crippen molar-refractivity contribution in [3.63, 3.8) is 0 Å². The van der Waals surface area contributed by atoms with Crippen LogP contribution in [0.3, 0.4) is 0 Å². The number of fused-ring (bicyclic) bond motifs is 1. The molecule has 216 valence electrons. The predicted octanol–water partition coefficient (Wildman–Crippen LogP) is 7.03. The van der Waals surface area contributed by atoms with Gasteiger partial charge in [-0.15, -0.1) is 0 Å². The maximum absolute atomic E-state index is 13.2. The van der Waals surface area contributed by atoms with Crippen LogP contribution < -0.4 is 4.90 Å². The van der Waals surface area contributed by atoms with Crippen molar-refractivity contribution in [2.24, 2.45) is 9.81 Å². The smallest absolute Gasteiger partial charge is 0.360 e. The third-order valence-corrected chi connectivity index (χ3v) is 9.96. The Morgan fingerprint density at radius 1 is 1.10 bits per heavy atom. The molecule has 10 heteroatoms. The number of halogens is 2. The summed E-state index contributed by atoms with van der Waals surface area (Å²) in [6.07, 6.45) is 2.39. The van der Waals surface area contributed by atoms with Gasteiger partial charge < -0.3 is 14.2 Å². The Morgan fingerprint density at radius 3 is 2.46 bits per heavy atom. The Morgan fingerprint density at radius 2 is 1.78 bits per heavy atom. The minimum atomic E-state index is -1.38. The molecule has 1 aliphatic carbocycles. The van der Waals surface area contributed by atoms with Gasteiger partial charge in [0.05, 0.1) is 28.0 Å². The summed E-state index contributed by atoms with van der Waals surface area (Å²) in [4.78, 5) is 24.9. The molecule has 5 rings (SSSR count). The zero-order valence-corrected chi connectivity index (χ0v) is 26.3. The van der Waals surface area contributed by atoms with Crippen LogP contribution in [0.25, 0.3) is 11.3 Å². The molecule has 2 heterocycles. The molecule has 1 spiro atoms. The largest absolute Gasteiger partial charge is 0.591 e. The van der Waals surface area contributed by atoms with E-state index in [1.807, 2.05) is 45.9 Å². The van der Waals surface area contributed by atoms with Crippen LogP contribution in [0, 0.1) is 12.3 Å². The molecular weight excluding hydrogens is 579 g/mol. The number of aromatic nitrogens is 2. The summed E-state index contributed by atoms with van der Waals surface area (Å²) in [5.41, 5.74) is 4.89. The van der Waals surface area contributed by atoms with E-state index in [2.05, 4.69) is 17.0 Å². The number of hydrogen-bond donors (Lipinski definition) is 0. The van der Waals surface area contributed by atoms with Gasteiger partial charge in [0.1, 0.15) is 21.8 Å². The zero-order valence-electron chi connectivity index (χ0n) is 24.0. The average Bonchev–Trinajstić information content (AvgIpc) is 3.22. The Labute approximate surface area is 254 Å². The number of esters is 1. The van der Waals surface area contributed by atoms with E-state index in [4.69, 9.17) is 42.3 Å². The summed E-state index contributed by atoms with van der Waals surface area (Å²) in [5, 5.41) is 0.755. The molecule has 0 bridgehead atoms. The van der Waals surface area contributed by atoms with Gasteiger partial charge in [-0.1, -0.05) is 64.0 Å². The van der Waals surface area contributed by atoms with Crippen LogP contribution >= 0.6 is 23.2 Å². The first kappa shape index (κ1) is 29.8. The Hall–Kier alpha value is -2.65. The summed E-state index contributed by atoms with van der Waals surface area (Å²) >= 11 is 11.4. The summed E-state index contributed by atoms with van der Waals surface area (Å²) in [6.45, 7) is 10.9. The SMILES string of the molecule is CCOC(=O)c1nc(-c2cccc(Cl)c2Cl)c(C)nc1N1CCC2(CC1)Cc1ccccc1C2=N[S+]([O-])C(C)(C)C. The van der Waals surface area contributed by atoms with E-state index in [0.717, 1.165) is 30.5 Å². The van der Waals surface area contributed by atoms with E-state index in [1.165, 1.54) is 5.56 Å². The third kappa shape index (κ3) is 5.72. The maximum atomic E-state index is 13.2. The van der Waals surface area contributed by atoms with Crippen molar-refractivity contribution < 1.29 is 14.1 Å². The molecule has 7 nitrogen and oxygen atoms in total. The number of carbonyl (C=O) groups is 1. The summed E-state index contributed by atoms with van der Waals surface area (Å²) in [5.74, 6) is -0.0456. The molecule has 3 aromatic rings. The molecule has 1 atom stereocenters. The van der Waals surface area contributed by atoms with Gasteiger partial charge in [-0.25, -0.2) is 14.8 Å². The lowest BCUT2D eigenvalue weighted by atomic mass is 9.74. The van der Waals surface area contributed by atoms with Gasteiger partial charge >= 0.3 is 5.97 Å². The number of carbonyl (C=O) groups excluding carboxylic acids is 1. The Kier molecular flexibility index (Phi) is 8.41. The van der Waals surface area contributed by atoms with Gasteiger partial charge in [-0.3, -0.25) is 0 Å². The molecule has 1 aliphatic heterocycles. The Bertz CT molecular complexity index is 1510. The number of nitrogens with zero attached hydrogens (tertiary/aromatic N) is 4. The van der Waals surface area contributed by atoms with Crippen molar-refractivity contribution >= 4 is 52.1 Å². The highest BCUT2D eigenvalue weighted by molar-refractivity contribution is 7.91. The molecule has 0 amide bonds. The molecule has 0 N–H and O–H groups in total. The summed E-state index contributed by atoms with van der Waals surface area (Å²) in [6, 6.07) is 13.6. The van der Waals surface area contributed by atoms with Crippen LogP contribution in [0.2, 0.25) is 10.0 Å². The maximum Gasteiger partial charge on any atom is 0.360 e. The van der Waals surface area contributed by atoms with Crippen LogP contribution in [0.15, 0.2) is 46.9 Å². The number of benzene rings is 2. The number of hydrogen-bond acceptors (Lipinski definition) is 7. The van der Waals surface area contributed by atoms with Crippen molar-refractivity contribution in [2.45, 2.75) is 58.6 Å². The number of piperidine rings is 1. The number of anilines is 1. The van der Waals surface area contributed by atoms with Gasteiger partial charge in [-0.05, 0) is 65.5 Å². The molecule has 41 heavy (non-hydrogen) atoms. The van der Waals surface area contributed by atoms with E-state index in [-0.39, 0.29) is 17.7 Å². The Balaban J connectivity index is 1.50. The zero-order chi connectivity index (χ0) is 29.5. The number of rotatable bonds is 5. The molecule has 0 saturated carbocycles. The fourth-order valence-corrected chi connectivity index (χ4v) is 6.69. The topological polar surface area (TPSA) is 90.7 Å². The van der Waals surface area contributed by atoms with Crippen LogP contribution in [0.1, 0.15) is 67.8 Å². The van der Waals surface area contributed by atoms with E-state index in [9.17, 15) is 9.35 Å². The first-order valence-corrected chi connectivity index (χ1v) is 15.7. The average molecular weight is 614 g/mol. The molecular formula is C31H34Cl2N4O3S. The predicted molar refractivity (Wildman–Crippen MR) is 167 cm³/mol. The van der Waals surface area contributed by atoms with Crippen LogP contribution in [0.4, 0.5) is 5.82 Å². The van der Waals surface area contributed by atoms with Crippen LogP contribution in [-0.4, -0.2) is 50.6 Å². The second-order valence-corrected chi connectivity index (χ2v) is 14.2. The second-order valence-electron chi connectivity index (χ2n) is 11.6. The van der Waals surface area contributed by atoms with Crippen molar-refractivity contribution in [3.8, 4) is 11.3 Å². The third-order valence-electron chi connectivity index (χ3n) is 7.75. The monoisotopic (exact) mass is 612 g/mol. The lowest BCUT2D eigenvalue weighted by Gasteiger charge is -2.40. The lowest BCUT2D eigenvalue weighted by Crippen LogP contribution is -2.45. The first-order chi connectivity index (χ1) is 19.4. The number of aryl methyl sites for hydroxylation is 1. The summed E-state index contributed by atoms with van der Waals surface area (Å²) in [7, 11) is 0. The molecule has 1 fully saturated rings. The fourth-order valence-electron chi connectivity index (χ4n) is 5.57. The molecule has 0 radical (unpaired) electrons. The van der Waals surface area contributed by atoms with Crippen molar-refractivity contribution in [2.75, 3.05) is 24.6 Å². The highest BCUT2D eigenvalue weighted by atomic mass is 35.5. The minimum Gasteiger partial charge on any atom is -0.591 e. The van der Waals surface area contributed by atoms with Crippen molar-refractivity contribution in [1.29, 1.82) is 0 Å².